The topological polar surface area (TPSA) is 66.8 Å². The van der Waals surface area contributed by atoms with Crippen molar-refractivity contribution >= 4 is 103 Å². The summed E-state index contributed by atoms with van der Waals surface area (Å²) in [5.74, 6) is -0.164. The predicted octanol–water partition coefficient (Wildman–Crippen LogP) is 12.7. The van der Waals surface area contributed by atoms with Crippen molar-refractivity contribution in [3.63, 3.8) is 0 Å². The number of esters is 1. The monoisotopic (exact) mass is 866 g/mol. The molecular formula is C64H34O4. The van der Waals surface area contributed by atoms with E-state index in [1.807, 2.05) is 0 Å². The lowest BCUT2D eigenvalue weighted by molar-refractivity contribution is -0.140. The number of aliphatic hydroxyl groups is 2. The normalized spacial score (nSPS) is 22.9. The van der Waals surface area contributed by atoms with Crippen LogP contribution in [0.3, 0.4) is 0 Å². The van der Waals surface area contributed by atoms with Gasteiger partial charge < -0.3 is 14.9 Å². The van der Waals surface area contributed by atoms with Gasteiger partial charge >= 0.3 is 5.97 Å². The Bertz CT molecular complexity index is 4710. The van der Waals surface area contributed by atoms with E-state index in [0.717, 1.165) is 43.2 Å². The number of aliphatic hydroxyl groups excluding tert-OH is 2. The second kappa shape index (κ2) is 9.00. The molecule has 4 heteroatoms. The average Bonchev–Trinajstić information content (AvgIpc) is 3.98. The molecule has 0 saturated heterocycles. The summed E-state index contributed by atoms with van der Waals surface area (Å²) in [6, 6.07) is 27.3. The van der Waals surface area contributed by atoms with Gasteiger partial charge in [0.15, 0.2) is 0 Å². The molecule has 1 fully saturated rings. The van der Waals surface area contributed by atoms with E-state index >= 15 is 0 Å². The molecule has 1 atom stereocenters. The van der Waals surface area contributed by atoms with E-state index in [1.165, 1.54) is 199 Å². The molecule has 4 nitrogen and oxygen atoms in total. The molecule has 0 radical (unpaired) electrons. The van der Waals surface area contributed by atoms with Crippen LogP contribution in [0.2, 0.25) is 0 Å². The van der Waals surface area contributed by atoms with Crippen LogP contribution < -0.4 is 0 Å². The van der Waals surface area contributed by atoms with Crippen LogP contribution in [0.15, 0.2) is 66.7 Å². The molecule has 0 aromatic heterocycles. The Morgan fingerprint density at radius 2 is 0.941 bits per heavy atom. The number of benzene rings is 12. The number of methoxy groups -OCH3 is 1. The molecule has 1 saturated carbocycles. The standard InChI is InChI=1S/C64H34O4/c1-68-36(67)3-2-10-62(33-7-4-24(20-65)32(19-33)21-66)63-58-34-8-5-22-11-25-13-27-15-29-17-31-18-30-16-28-14-26-12-23-6-9-35(34)59(63)45(23)55-43(26)49-40(28)38(30)47-41(31)46-37(29)39(27)48-42(25)54(44(22)58)60-56-52(48)50(46)51(47)53(49)57(56)61(55)64(60,62)63/h4-9,13-14,17-19,65-66H,2-3,10-12,15-16,20-21H2,1H3. The quantitative estimate of drug-likeness (QED) is 0.0951. The van der Waals surface area contributed by atoms with Crippen LogP contribution in [-0.4, -0.2) is 23.3 Å². The Hall–Kier alpha value is -7.11. The molecule has 0 heterocycles. The molecule has 13 aromatic carbocycles. The van der Waals surface area contributed by atoms with Gasteiger partial charge in [-0.1, -0.05) is 66.7 Å². The molecule has 0 bridgehead atoms. The van der Waals surface area contributed by atoms with E-state index in [-0.39, 0.29) is 19.2 Å². The van der Waals surface area contributed by atoms with Crippen LogP contribution >= 0.6 is 0 Å². The third-order valence-electron chi connectivity index (χ3n) is 21.4. The van der Waals surface area contributed by atoms with Gasteiger partial charge in [0.1, 0.15) is 0 Å². The van der Waals surface area contributed by atoms with Crippen molar-refractivity contribution in [2.45, 2.75) is 74.4 Å². The molecule has 13 aromatic rings. The largest absolute Gasteiger partial charge is 0.469 e. The highest BCUT2D eigenvalue weighted by Gasteiger charge is 2.94. The number of hydrogen-bond acceptors (Lipinski definition) is 4. The third kappa shape index (κ3) is 2.45. The van der Waals surface area contributed by atoms with Crippen molar-refractivity contribution in [2.75, 3.05) is 7.11 Å². The maximum atomic E-state index is 13.4. The van der Waals surface area contributed by atoms with Crippen molar-refractivity contribution in [1.29, 1.82) is 0 Å². The molecule has 314 valence electrons. The summed E-state index contributed by atoms with van der Waals surface area (Å²) >= 11 is 0. The zero-order valence-electron chi connectivity index (χ0n) is 36.9. The zero-order chi connectivity index (χ0) is 43.4. The molecule has 1 unspecified atom stereocenters. The molecule has 9 aliphatic carbocycles. The molecule has 2 spiro atoms. The van der Waals surface area contributed by atoms with Gasteiger partial charge in [-0.2, -0.15) is 0 Å². The third-order valence-corrected chi connectivity index (χ3v) is 21.4. The summed E-state index contributed by atoms with van der Waals surface area (Å²) in [4.78, 5) is 13.4. The van der Waals surface area contributed by atoms with E-state index in [0.29, 0.717) is 12.8 Å². The number of rotatable bonds is 7. The SMILES string of the molecule is COC(=O)CCCC1(c2ccc(CO)c(CO)c2)C23c4c5ccc6c4-c4c7c8c9c(c%10c%11c(cc%12c%13c%14c(cc%15cc%16c%17c%18c(cc(c4c%18c8c4c%17c%15c%14c4c9c%11%13)C6)C%16)C%12)Cc4ccc-5c2c4-%10)C713. The number of carbonyl (C=O) groups excluding carboxylic acids is 1. The number of fused-ring (bicyclic) bond motifs is 1. The molecule has 68 heavy (non-hydrogen) atoms. The first-order valence-electron chi connectivity index (χ1n) is 25.1. The summed E-state index contributed by atoms with van der Waals surface area (Å²) in [7, 11) is 1.53. The fourth-order valence-corrected chi connectivity index (χ4v) is 20.3. The summed E-state index contributed by atoms with van der Waals surface area (Å²) in [6.07, 6.45) is 5.61. The van der Waals surface area contributed by atoms with Crippen LogP contribution in [0.5, 0.6) is 0 Å². The van der Waals surface area contributed by atoms with Gasteiger partial charge in [-0.3, -0.25) is 4.79 Å². The summed E-state index contributed by atoms with van der Waals surface area (Å²) in [5.41, 5.74) is 28.2. The van der Waals surface area contributed by atoms with Gasteiger partial charge in [-0.25, -0.2) is 0 Å². The van der Waals surface area contributed by atoms with Crippen LogP contribution in [0, 0.1) is 0 Å². The van der Waals surface area contributed by atoms with Crippen molar-refractivity contribution in [3.05, 3.63) is 150 Å². The van der Waals surface area contributed by atoms with Gasteiger partial charge in [-0.05, 0) is 252 Å². The Kier molecular flexibility index (Phi) is 4.31. The Labute approximate surface area is 386 Å². The number of hydrogen-bond donors (Lipinski definition) is 2. The van der Waals surface area contributed by atoms with Gasteiger partial charge in [0.05, 0.1) is 20.3 Å². The second-order valence-corrected chi connectivity index (χ2v) is 22.9. The first-order valence-corrected chi connectivity index (χ1v) is 25.1. The van der Waals surface area contributed by atoms with Crippen LogP contribution in [-0.2, 0) is 64.7 Å². The lowest BCUT2D eigenvalue weighted by atomic mass is 9.60. The minimum absolute atomic E-state index is 0.127. The van der Waals surface area contributed by atoms with Crippen molar-refractivity contribution in [2.24, 2.45) is 0 Å². The molecule has 22 rings (SSSR count). The molecule has 9 aliphatic rings. The van der Waals surface area contributed by atoms with Crippen molar-refractivity contribution < 1.29 is 19.7 Å². The van der Waals surface area contributed by atoms with Crippen molar-refractivity contribution in [3.8, 4) is 33.4 Å². The first-order chi connectivity index (χ1) is 33.5. The maximum Gasteiger partial charge on any atom is 0.305 e. The summed E-state index contributed by atoms with van der Waals surface area (Å²) in [5, 5.41) is 49.4. The van der Waals surface area contributed by atoms with Gasteiger partial charge in [-0.15, -0.1) is 0 Å². The molecular weight excluding hydrogens is 833 g/mol. The Morgan fingerprint density at radius 3 is 1.49 bits per heavy atom. The van der Waals surface area contributed by atoms with Crippen LogP contribution in [0.1, 0.15) is 103 Å². The van der Waals surface area contributed by atoms with E-state index in [4.69, 9.17) is 4.74 Å². The average molecular weight is 867 g/mol. The van der Waals surface area contributed by atoms with Gasteiger partial charge in [0.2, 0.25) is 0 Å². The minimum Gasteiger partial charge on any atom is -0.469 e. The Morgan fingerprint density at radius 1 is 0.471 bits per heavy atom. The zero-order valence-corrected chi connectivity index (χ0v) is 36.9. The molecule has 0 aliphatic heterocycles. The van der Waals surface area contributed by atoms with Crippen molar-refractivity contribution in [1.82, 2.24) is 0 Å². The molecule has 0 amide bonds. The Balaban J connectivity index is 1.11. The van der Waals surface area contributed by atoms with E-state index in [1.54, 1.807) is 11.1 Å². The highest BCUT2D eigenvalue weighted by molar-refractivity contribution is 6.60. The summed E-state index contributed by atoms with van der Waals surface area (Å²) in [6.45, 7) is -0.273. The smallest absolute Gasteiger partial charge is 0.305 e. The minimum atomic E-state index is -0.529. The highest BCUT2D eigenvalue weighted by Crippen LogP contribution is 2.96. The van der Waals surface area contributed by atoms with Crippen LogP contribution in [0.25, 0.3) is 130 Å². The highest BCUT2D eigenvalue weighted by atomic mass is 16.5. The van der Waals surface area contributed by atoms with Gasteiger partial charge in [0.25, 0.3) is 0 Å². The van der Waals surface area contributed by atoms with Gasteiger partial charge in [0, 0.05) is 22.7 Å². The fourth-order valence-electron chi connectivity index (χ4n) is 20.3. The number of ether oxygens (including phenoxy) is 1. The maximum absolute atomic E-state index is 13.4. The molecule has 2 N–H and O–H groups in total. The predicted molar refractivity (Wildman–Crippen MR) is 268 cm³/mol. The lowest BCUT2D eigenvalue weighted by Gasteiger charge is -2.41. The second-order valence-electron chi connectivity index (χ2n) is 22.9. The van der Waals surface area contributed by atoms with E-state index in [2.05, 4.69) is 66.7 Å². The van der Waals surface area contributed by atoms with E-state index in [9.17, 15) is 15.0 Å². The number of carbonyl (C=O) groups is 1. The summed E-state index contributed by atoms with van der Waals surface area (Å²) < 4.78 is 5.44. The lowest BCUT2D eigenvalue weighted by Crippen LogP contribution is -2.32. The van der Waals surface area contributed by atoms with E-state index < -0.39 is 16.2 Å². The first kappa shape index (κ1) is 32.6. The fraction of sp³-hybridized carbons (Fsp3) is 0.203. The van der Waals surface area contributed by atoms with Crippen LogP contribution in [0.4, 0.5) is 0 Å².